The maximum absolute atomic E-state index is 12.7. The van der Waals surface area contributed by atoms with E-state index in [0.717, 1.165) is 6.42 Å². The largest absolute Gasteiger partial charge is 0.478 e. The number of benzene rings is 1. The molecule has 0 radical (unpaired) electrons. The van der Waals surface area contributed by atoms with E-state index in [-0.39, 0.29) is 10.5 Å². The second-order valence-corrected chi connectivity index (χ2v) is 7.83. The standard InChI is InChI=1S/C15H21NO4S/c1-10-6-7-16(9-12(10)3)21(19,20)13-5-4-11(2)14(8-13)15(17)18/h4-5,8,10,12H,6-7,9H2,1-3H3,(H,17,18). The summed E-state index contributed by atoms with van der Waals surface area (Å²) in [5.41, 5.74) is 0.594. The Balaban J connectivity index is 2.36. The first-order valence-electron chi connectivity index (χ1n) is 7.07. The molecule has 1 aromatic rings. The molecule has 21 heavy (non-hydrogen) atoms. The van der Waals surface area contributed by atoms with Gasteiger partial charge in [0.15, 0.2) is 0 Å². The molecule has 2 unspecified atom stereocenters. The fourth-order valence-electron chi connectivity index (χ4n) is 2.58. The predicted octanol–water partition coefficient (Wildman–Crippen LogP) is 2.36. The molecule has 5 nitrogen and oxygen atoms in total. The summed E-state index contributed by atoms with van der Waals surface area (Å²) in [5.74, 6) is -0.299. The van der Waals surface area contributed by atoms with Crippen LogP contribution in [0.5, 0.6) is 0 Å². The molecule has 0 aliphatic carbocycles. The van der Waals surface area contributed by atoms with Crippen molar-refractivity contribution in [2.24, 2.45) is 11.8 Å². The van der Waals surface area contributed by atoms with Crippen LogP contribution in [0.3, 0.4) is 0 Å². The van der Waals surface area contributed by atoms with Crippen LogP contribution < -0.4 is 0 Å². The third-order valence-corrected chi connectivity index (χ3v) is 6.24. The average molecular weight is 311 g/mol. The average Bonchev–Trinajstić information content (AvgIpc) is 2.41. The van der Waals surface area contributed by atoms with E-state index in [4.69, 9.17) is 5.11 Å². The van der Waals surface area contributed by atoms with Gasteiger partial charge in [0.05, 0.1) is 10.5 Å². The fourth-order valence-corrected chi connectivity index (χ4v) is 4.17. The van der Waals surface area contributed by atoms with Crippen molar-refractivity contribution in [2.75, 3.05) is 13.1 Å². The molecule has 1 fully saturated rings. The Morgan fingerprint density at radius 3 is 2.52 bits per heavy atom. The second-order valence-electron chi connectivity index (χ2n) is 5.89. The summed E-state index contributed by atoms with van der Waals surface area (Å²) >= 11 is 0. The molecule has 1 heterocycles. The third kappa shape index (κ3) is 3.11. The van der Waals surface area contributed by atoms with Crippen molar-refractivity contribution in [3.05, 3.63) is 29.3 Å². The zero-order chi connectivity index (χ0) is 15.8. The number of sulfonamides is 1. The highest BCUT2D eigenvalue weighted by atomic mass is 32.2. The summed E-state index contributed by atoms with van der Waals surface area (Å²) < 4.78 is 26.8. The fraction of sp³-hybridized carbons (Fsp3) is 0.533. The van der Waals surface area contributed by atoms with Crippen molar-refractivity contribution in [2.45, 2.75) is 32.1 Å². The Morgan fingerprint density at radius 1 is 1.29 bits per heavy atom. The van der Waals surface area contributed by atoms with Gasteiger partial charge in [-0.3, -0.25) is 0 Å². The number of piperidine rings is 1. The van der Waals surface area contributed by atoms with E-state index in [1.165, 1.54) is 16.4 Å². The van der Waals surface area contributed by atoms with E-state index in [1.807, 2.05) is 6.92 Å². The van der Waals surface area contributed by atoms with Crippen LogP contribution in [0.15, 0.2) is 23.1 Å². The molecule has 0 aromatic heterocycles. The second kappa shape index (κ2) is 5.77. The van der Waals surface area contributed by atoms with Crippen LogP contribution >= 0.6 is 0 Å². The molecule has 1 saturated heterocycles. The minimum atomic E-state index is -3.62. The number of aromatic carboxylic acids is 1. The lowest BCUT2D eigenvalue weighted by atomic mass is 9.90. The number of nitrogens with zero attached hydrogens (tertiary/aromatic N) is 1. The summed E-state index contributed by atoms with van der Waals surface area (Å²) in [6.45, 7) is 6.81. The van der Waals surface area contributed by atoms with E-state index >= 15 is 0 Å². The number of hydrogen-bond acceptors (Lipinski definition) is 3. The molecule has 2 rings (SSSR count). The Morgan fingerprint density at radius 2 is 1.95 bits per heavy atom. The van der Waals surface area contributed by atoms with Crippen molar-refractivity contribution in [3.63, 3.8) is 0 Å². The Bertz CT molecular complexity index is 654. The van der Waals surface area contributed by atoms with Gasteiger partial charge in [0.2, 0.25) is 10.0 Å². The number of carboxylic acids is 1. The predicted molar refractivity (Wildman–Crippen MR) is 79.8 cm³/mol. The van der Waals surface area contributed by atoms with Crippen LogP contribution in [-0.2, 0) is 10.0 Å². The smallest absolute Gasteiger partial charge is 0.335 e. The van der Waals surface area contributed by atoms with Gasteiger partial charge in [-0.15, -0.1) is 0 Å². The first-order chi connectivity index (χ1) is 9.73. The van der Waals surface area contributed by atoms with Crippen molar-refractivity contribution >= 4 is 16.0 Å². The number of carboxylic acid groups (broad SMARTS) is 1. The maximum atomic E-state index is 12.7. The van der Waals surface area contributed by atoms with Gasteiger partial charge in [0.1, 0.15) is 0 Å². The van der Waals surface area contributed by atoms with Crippen LogP contribution in [0.4, 0.5) is 0 Å². The summed E-state index contributed by atoms with van der Waals surface area (Å²) in [6.07, 6.45) is 0.831. The quantitative estimate of drug-likeness (QED) is 0.930. The summed E-state index contributed by atoms with van der Waals surface area (Å²) in [4.78, 5) is 11.2. The number of hydrogen-bond donors (Lipinski definition) is 1. The first kappa shape index (κ1) is 16.0. The Kier molecular flexibility index (Phi) is 4.39. The lowest BCUT2D eigenvalue weighted by Crippen LogP contribution is -2.42. The molecule has 116 valence electrons. The van der Waals surface area contributed by atoms with Crippen LogP contribution in [0.2, 0.25) is 0 Å². The van der Waals surface area contributed by atoms with Crippen LogP contribution in [0, 0.1) is 18.8 Å². The Labute approximate surface area is 125 Å². The van der Waals surface area contributed by atoms with Crippen molar-refractivity contribution in [1.29, 1.82) is 0 Å². The van der Waals surface area contributed by atoms with E-state index in [9.17, 15) is 13.2 Å². The van der Waals surface area contributed by atoms with Gasteiger partial charge in [-0.25, -0.2) is 13.2 Å². The molecule has 2 atom stereocenters. The van der Waals surface area contributed by atoms with Gasteiger partial charge in [0, 0.05) is 13.1 Å². The van der Waals surface area contributed by atoms with Gasteiger partial charge < -0.3 is 5.11 Å². The van der Waals surface area contributed by atoms with Crippen molar-refractivity contribution in [3.8, 4) is 0 Å². The molecule has 1 N–H and O–H groups in total. The molecule has 1 aliphatic heterocycles. The lowest BCUT2D eigenvalue weighted by molar-refractivity contribution is 0.0696. The molecule has 0 amide bonds. The molecule has 1 aliphatic rings. The SMILES string of the molecule is Cc1ccc(S(=O)(=O)N2CCC(C)C(C)C2)cc1C(=O)O. The first-order valence-corrected chi connectivity index (χ1v) is 8.51. The van der Waals surface area contributed by atoms with E-state index < -0.39 is 16.0 Å². The van der Waals surface area contributed by atoms with E-state index in [2.05, 4.69) is 6.92 Å². The molecular weight excluding hydrogens is 290 g/mol. The minimum Gasteiger partial charge on any atom is -0.478 e. The van der Waals surface area contributed by atoms with E-state index in [1.54, 1.807) is 13.0 Å². The maximum Gasteiger partial charge on any atom is 0.335 e. The summed E-state index contributed by atoms with van der Waals surface area (Å²) in [6, 6.07) is 4.29. The minimum absolute atomic E-state index is 0.0366. The lowest BCUT2D eigenvalue weighted by Gasteiger charge is -2.34. The van der Waals surface area contributed by atoms with Gasteiger partial charge in [-0.2, -0.15) is 4.31 Å². The molecule has 0 bridgehead atoms. The zero-order valence-corrected chi connectivity index (χ0v) is 13.4. The molecule has 0 spiro atoms. The normalized spacial score (nSPS) is 24.0. The monoisotopic (exact) mass is 311 g/mol. The summed E-state index contributed by atoms with van der Waals surface area (Å²) in [7, 11) is -3.62. The van der Waals surface area contributed by atoms with Gasteiger partial charge in [-0.1, -0.05) is 19.9 Å². The number of carbonyl (C=O) groups is 1. The number of rotatable bonds is 3. The highest BCUT2D eigenvalue weighted by Gasteiger charge is 2.32. The Hall–Kier alpha value is -1.40. The molecular formula is C15H21NO4S. The summed E-state index contributed by atoms with van der Waals surface area (Å²) in [5, 5.41) is 9.13. The zero-order valence-electron chi connectivity index (χ0n) is 12.5. The van der Waals surface area contributed by atoms with Crippen LogP contribution in [-0.4, -0.2) is 36.9 Å². The van der Waals surface area contributed by atoms with E-state index in [0.29, 0.717) is 30.5 Å². The highest BCUT2D eigenvalue weighted by molar-refractivity contribution is 7.89. The third-order valence-electron chi connectivity index (χ3n) is 4.37. The van der Waals surface area contributed by atoms with Crippen LogP contribution in [0.1, 0.15) is 36.2 Å². The van der Waals surface area contributed by atoms with Gasteiger partial charge >= 0.3 is 5.97 Å². The van der Waals surface area contributed by atoms with Gasteiger partial charge in [-0.05, 0) is 42.9 Å². The molecule has 1 aromatic carbocycles. The van der Waals surface area contributed by atoms with Crippen molar-refractivity contribution < 1.29 is 18.3 Å². The van der Waals surface area contributed by atoms with Crippen LogP contribution in [0.25, 0.3) is 0 Å². The number of aryl methyl sites for hydroxylation is 1. The molecule has 6 heteroatoms. The molecule has 0 saturated carbocycles. The van der Waals surface area contributed by atoms with Gasteiger partial charge in [0.25, 0.3) is 0 Å². The highest BCUT2D eigenvalue weighted by Crippen LogP contribution is 2.28. The van der Waals surface area contributed by atoms with Crippen molar-refractivity contribution in [1.82, 2.24) is 4.31 Å². The topological polar surface area (TPSA) is 74.7 Å².